The maximum Gasteiger partial charge on any atom is 0.131 e. The van der Waals surface area contributed by atoms with E-state index >= 15 is 0 Å². The highest BCUT2D eigenvalue weighted by Crippen LogP contribution is 2.21. The van der Waals surface area contributed by atoms with Gasteiger partial charge in [-0.3, -0.25) is 0 Å². The topological polar surface area (TPSA) is 52.5 Å². The van der Waals surface area contributed by atoms with Crippen molar-refractivity contribution in [3.8, 4) is 0 Å². The third kappa shape index (κ3) is 3.22. The summed E-state index contributed by atoms with van der Waals surface area (Å²) in [6.07, 6.45) is 1.87. The lowest BCUT2D eigenvalue weighted by Gasteiger charge is -2.36. The number of aliphatic hydroxyl groups excluding tert-OH is 1. The Hall–Kier alpha value is -1.20. The van der Waals surface area contributed by atoms with Gasteiger partial charge in [0.25, 0.3) is 0 Å². The van der Waals surface area contributed by atoms with E-state index in [0.717, 1.165) is 49.9 Å². The van der Waals surface area contributed by atoms with Gasteiger partial charge < -0.3 is 14.9 Å². The van der Waals surface area contributed by atoms with Crippen molar-refractivity contribution in [1.82, 2.24) is 14.9 Å². The first-order chi connectivity index (χ1) is 9.15. The molecular formula is C14H24N4O. The number of nitrogens with zero attached hydrogens (tertiary/aromatic N) is 4. The Balaban J connectivity index is 2.16. The maximum absolute atomic E-state index is 9.53. The maximum atomic E-state index is 9.53. The molecule has 2 rings (SSSR count). The van der Waals surface area contributed by atoms with Gasteiger partial charge in [0.1, 0.15) is 5.82 Å². The monoisotopic (exact) mass is 264 g/mol. The second-order valence-corrected chi connectivity index (χ2v) is 5.29. The van der Waals surface area contributed by atoms with Gasteiger partial charge in [-0.1, -0.05) is 20.8 Å². The zero-order valence-corrected chi connectivity index (χ0v) is 12.1. The van der Waals surface area contributed by atoms with Gasteiger partial charge in [-0.15, -0.1) is 0 Å². The van der Waals surface area contributed by atoms with Crippen LogP contribution in [0.5, 0.6) is 0 Å². The Morgan fingerprint density at radius 3 is 2.47 bits per heavy atom. The predicted octanol–water partition coefficient (Wildman–Crippen LogP) is 1.23. The SMILES string of the molecule is CCN1CCN(c2cnc(C(C)C)nc2CO)CC1. The van der Waals surface area contributed by atoms with Crippen LogP contribution >= 0.6 is 0 Å². The molecule has 2 heterocycles. The molecule has 5 nitrogen and oxygen atoms in total. The van der Waals surface area contributed by atoms with E-state index in [1.54, 1.807) is 0 Å². The Morgan fingerprint density at radius 1 is 1.26 bits per heavy atom. The summed E-state index contributed by atoms with van der Waals surface area (Å²) in [7, 11) is 0. The summed E-state index contributed by atoms with van der Waals surface area (Å²) in [6.45, 7) is 11.5. The molecule has 0 spiro atoms. The molecule has 5 heteroatoms. The van der Waals surface area contributed by atoms with Gasteiger partial charge >= 0.3 is 0 Å². The zero-order chi connectivity index (χ0) is 13.8. The molecule has 0 atom stereocenters. The van der Waals surface area contributed by atoms with Gasteiger partial charge in [0, 0.05) is 32.1 Å². The number of anilines is 1. The summed E-state index contributed by atoms with van der Waals surface area (Å²) in [6, 6.07) is 0. The first kappa shape index (κ1) is 14.2. The van der Waals surface area contributed by atoms with Crippen molar-refractivity contribution in [2.75, 3.05) is 37.6 Å². The minimum Gasteiger partial charge on any atom is -0.390 e. The van der Waals surface area contributed by atoms with Crippen molar-refractivity contribution in [1.29, 1.82) is 0 Å². The largest absolute Gasteiger partial charge is 0.390 e. The molecular weight excluding hydrogens is 240 g/mol. The Kier molecular flexibility index (Phi) is 4.71. The molecule has 1 N–H and O–H groups in total. The molecule has 0 bridgehead atoms. The molecule has 0 unspecified atom stereocenters. The van der Waals surface area contributed by atoms with Gasteiger partial charge in [0.15, 0.2) is 0 Å². The lowest BCUT2D eigenvalue weighted by atomic mass is 10.2. The lowest BCUT2D eigenvalue weighted by Crippen LogP contribution is -2.46. The molecule has 19 heavy (non-hydrogen) atoms. The zero-order valence-electron chi connectivity index (χ0n) is 12.1. The van der Waals surface area contributed by atoms with Crippen LogP contribution in [0.4, 0.5) is 5.69 Å². The van der Waals surface area contributed by atoms with Crippen LogP contribution in [0.2, 0.25) is 0 Å². The van der Waals surface area contributed by atoms with Crippen LogP contribution in [-0.2, 0) is 6.61 Å². The Labute approximate surface area is 115 Å². The van der Waals surface area contributed by atoms with Gasteiger partial charge in [-0.05, 0) is 6.54 Å². The fourth-order valence-corrected chi connectivity index (χ4v) is 2.39. The molecule has 0 radical (unpaired) electrons. The standard InChI is InChI=1S/C14H24N4O/c1-4-17-5-7-18(8-6-17)13-9-15-14(11(2)3)16-12(13)10-19/h9,11,19H,4-8,10H2,1-3H3. The quantitative estimate of drug-likeness (QED) is 0.886. The van der Waals surface area contributed by atoms with E-state index in [4.69, 9.17) is 0 Å². The molecule has 0 amide bonds. The predicted molar refractivity (Wildman–Crippen MR) is 76.4 cm³/mol. The lowest BCUT2D eigenvalue weighted by molar-refractivity contribution is 0.265. The highest BCUT2D eigenvalue weighted by atomic mass is 16.3. The number of aliphatic hydroxyl groups is 1. The first-order valence-corrected chi connectivity index (χ1v) is 7.09. The van der Waals surface area contributed by atoms with Gasteiger partial charge in [-0.25, -0.2) is 9.97 Å². The minimum atomic E-state index is -0.0223. The molecule has 1 aromatic heterocycles. The van der Waals surface area contributed by atoms with Crippen molar-refractivity contribution < 1.29 is 5.11 Å². The molecule has 0 aromatic carbocycles. The van der Waals surface area contributed by atoms with Crippen LogP contribution < -0.4 is 4.90 Å². The summed E-state index contributed by atoms with van der Waals surface area (Å²) >= 11 is 0. The normalized spacial score (nSPS) is 17.2. The molecule has 1 aliphatic heterocycles. The number of rotatable bonds is 4. The van der Waals surface area contributed by atoms with E-state index < -0.39 is 0 Å². The van der Waals surface area contributed by atoms with E-state index in [1.807, 2.05) is 6.20 Å². The van der Waals surface area contributed by atoms with E-state index in [9.17, 15) is 5.11 Å². The van der Waals surface area contributed by atoms with Crippen molar-refractivity contribution in [2.45, 2.75) is 33.3 Å². The number of piperazine rings is 1. The van der Waals surface area contributed by atoms with E-state index in [2.05, 4.69) is 40.5 Å². The fourth-order valence-electron chi connectivity index (χ4n) is 2.39. The van der Waals surface area contributed by atoms with E-state index in [1.165, 1.54) is 0 Å². The highest BCUT2D eigenvalue weighted by Gasteiger charge is 2.19. The third-order valence-corrected chi connectivity index (χ3v) is 3.69. The van der Waals surface area contributed by atoms with Gasteiger partial charge in [0.05, 0.1) is 24.2 Å². The minimum absolute atomic E-state index is 0.0223. The first-order valence-electron chi connectivity index (χ1n) is 7.09. The van der Waals surface area contributed by atoms with Crippen LogP contribution in [0.3, 0.4) is 0 Å². The summed E-state index contributed by atoms with van der Waals surface area (Å²) in [5.41, 5.74) is 1.74. The van der Waals surface area contributed by atoms with Gasteiger partial charge in [-0.2, -0.15) is 0 Å². The summed E-state index contributed by atoms with van der Waals surface area (Å²) in [4.78, 5) is 13.6. The second-order valence-electron chi connectivity index (χ2n) is 5.29. The van der Waals surface area contributed by atoms with E-state index in [-0.39, 0.29) is 12.5 Å². The summed E-state index contributed by atoms with van der Waals surface area (Å²) < 4.78 is 0. The van der Waals surface area contributed by atoms with Crippen LogP contribution in [0.1, 0.15) is 38.2 Å². The summed E-state index contributed by atoms with van der Waals surface area (Å²) in [5, 5.41) is 9.53. The molecule has 1 aromatic rings. The smallest absolute Gasteiger partial charge is 0.131 e. The molecule has 0 saturated carbocycles. The van der Waals surface area contributed by atoms with Crippen LogP contribution in [0, 0.1) is 0 Å². The third-order valence-electron chi connectivity index (χ3n) is 3.69. The number of hydrogen-bond acceptors (Lipinski definition) is 5. The molecule has 106 valence electrons. The molecule has 1 fully saturated rings. The van der Waals surface area contributed by atoms with Crippen LogP contribution in [0.25, 0.3) is 0 Å². The average molecular weight is 264 g/mol. The van der Waals surface area contributed by atoms with Gasteiger partial charge in [0.2, 0.25) is 0 Å². The average Bonchev–Trinajstić information content (AvgIpc) is 2.46. The van der Waals surface area contributed by atoms with Crippen LogP contribution in [-0.4, -0.2) is 52.7 Å². The number of likely N-dealkylation sites (N-methyl/N-ethyl adjacent to an activating group) is 1. The van der Waals surface area contributed by atoms with E-state index in [0.29, 0.717) is 0 Å². The summed E-state index contributed by atoms with van der Waals surface area (Å²) in [5.74, 6) is 1.09. The van der Waals surface area contributed by atoms with Crippen molar-refractivity contribution >= 4 is 5.69 Å². The molecule has 1 saturated heterocycles. The molecule has 1 aliphatic rings. The second kappa shape index (κ2) is 6.30. The van der Waals surface area contributed by atoms with Crippen molar-refractivity contribution in [3.05, 3.63) is 17.7 Å². The van der Waals surface area contributed by atoms with Crippen molar-refractivity contribution in [2.24, 2.45) is 0 Å². The van der Waals surface area contributed by atoms with Crippen LogP contribution in [0.15, 0.2) is 6.20 Å². The molecule has 0 aliphatic carbocycles. The fraction of sp³-hybridized carbons (Fsp3) is 0.714. The Bertz CT molecular complexity index is 414. The Morgan fingerprint density at radius 2 is 1.95 bits per heavy atom. The van der Waals surface area contributed by atoms with Crippen molar-refractivity contribution in [3.63, 3.8) is 0 Å². The number of hydrogen-bond donors (Lipinski definition) is 1. The number of aromatic nitrogens is 2. The highest BCUT2D eigenvalue weighted by molar-refractivity contribution is 5.49.